The summed E-state index contributed by atoms with van der Waals surface area (Å²) in [4.78, 5) is 47.0. The molecule has 0 spiro atoms. The number of aromatic carboxylic acids is 1. The molecular weight excluding hydrogens is 656 g/mol. The highest BCUT2D eigenvalue weighted by atomic mass is 32.2. The standard InChI is InChI=1S/C36H36O12S/c1-3-10-25-27(15-14-23(21(2)37)33(25)39)45-18-9-7-5-4-6-8-11-31(34(40)28-16-17-29(46-28)35(41)42)49-22-12-13-24-26(38)20-32(48-36(43)44)47-30(24)19-22/h4,6,8,11-17,19-20,31,34,39-40H,3,5,7,9-10,18H2,1-2H3,(H,41,42)(H,43,44)/b6-4-,11-8+/t31-,34+/m0/s1. The molecule has 4 rings (SSSR count). The number of unbranched alkanes of at least 4 members (excludes halogenated alkanes) is 2. The molecule has 0 aliphatic carbocycles. The number of carbonyl (C=O) groups excluding carboxylic acids is 1. The van der Waals surface area contributed by atoms with Crippen LogP contribution in [-0.2, 0) is 6.42 Å². The topological polar surface area (TPSA) is 194 Å². The van der Waals surface area contributed by atoms with Crippen LogP contribution in [-0.4, -0.2) is 50.2 Å². The van der Waals surface area contributed by atoms with Gasteiger partial charge in [-0.25, -0.2) is 9.59 Å². The number of aliphatic hydroxyl groups excluding tert-OH is 1. The van der Waals surface area contributed by atoms with Gasteiger partial charge in [0.1, 0.15) is 28.9 Å². The van der Waals surface area contributed by atoms with Crippen molar-refractivity contribution in [2.45, 2.75) is 62.2 Å². The number of phenols is 1. The van der Waals surface area contributed by atoms with E-state index >= 15 is 0 Å². The molecule has 0 saturated heterocycles. The van der Waals surface area contributed by atoms with E-state index in [2.05, 4.69) is 4.74 Å². The molecule has 0 aliphatic heterocycles. The Morgan fingerprint density at radius 1 is 1.00 bits per heavy atom. The molecule has 49 heavy (non-hydrogen) atoms. The van der Waals surface area contributed by atoms with Crippen molar-refractivity contribution in [2.24, 2.45) is 0 Å². The van der Waals surface area contributed by atoms with Gasteiger partial charge >= 0.3 is 12.1 Å². The van der Waals surface area contributed by atoms with Crippen LogP contribution in [0.4, 0.5) is 4.79 Å². The molecule has 0 unspecified atom stereocenters. The summed E-state index contributed by atoms with van der Waals surface area (Å²) in [6.07, 6.45) is 8.00. The molecule has 0 aliphatic rings. The van der Waals surface area contributed by atoms with E-state index in [-0.39, 0.29) is 39.6 Å². The second-order valence-corrected chi connectivity index (χ2v) is 12.1. The molecule has 0 fully saturated rings. The van der Waals surface area contributed by atoms with Crippen LogP contribution in [0, 0.1) is 0 Å². The van der Waals surface area contributed by atoms with Gasteiger partial charge in [0.25, 0.3) is 5.95 Å². The summed E-state index contributed by atoms with van der Waals surface area (Å²) in [5.74, 6) is -1.71. The molecule has 4 N–H and O–H groups in total. The fraction of sp³-hybridized carbons (Fsp3) is 0.278. The number of aliphatic hydroxyl groups is 1. The summed E-state index contributed by atoms with van der Waals surface area (Å²) < 4.78 is 21.2. The molecule has 0 amide bonds. The normalized spacial score (nSPS) is 12.8. The minimum absolute atomic E-state index is 0.0239. The highest BCUT2D eigenvalue weighted by Crippen LogP contribution is 2.36. The van der Waals surface area contributed by atoms with Crippen molar-refractivity contribution in [1.82, 2.24) is 0 Å². The molecule has 0 radical (unpaired) electrons. The van der Waals surface area contributed by atoms with Gasteiger partial charge in [0.05, 0.1) is 28.9 Å². The predicted molar refractivity (Wildman–Crippen MR) is 181 cm³/mol. The lowest BCUT2D eigenvalue weighted by Gasteiger charge is -2.18. The minimum atomic E-state index is -1.64. The molecule has 13 heteroatoms. The van der Waals surface area contributed by atoms with Crippen molar-refractivity contribution in [3.63, 3.8) is 0 Å². The van der Waals surface area contributed by atoms with Crippen molar-refractivity contribution in [2.75, 3.05) is 6.61 Å². The van der Waals surface area contributed by atoms with Crippen LogP contribution in [0.25, 0.3) is 11.0 Å². The number of hydrogen-bond acceptors (Lipinski definition) is 11. The number of phenolic OH excluding ortho intramolecular Hbond substituents is 1. The van der Waals surface area contributed by atoms with E-state index in [9.17, 15) is 34.5 Å². The Morgan fingerprint density at radius 3 is 2.49 bits per heavy atom. The van der Waals surface area contributed by atoms with Crippen LogP contribution in [0.1, 0.15) is 77.9 Å². The molecule has 2 atom stereocenters. The number of thioether (sulfide) groups is 1. The van der Waals surface area contributed by atoms with Crippen LogP contribution in [0.3, 0.4) is 0 Å². The highest BCUT2D eigenvalue weighted by Gasteiger charge is 2.25. The second-order valence-electron chi connectivity index (χ2n) is 10.9. The number of rotatable bonds is 17. The maximum atomic E-state index is 12.4. The minimum Gasteiger partial charge on any atom is -0.507 e. The Morgan fingerprint density at radius 2 is 1.80 bits per heavy atom. The van der Waals surface area contributed by atoms with Crippen LogP contribution in [0.5, 0.6) is 17.4 Å². The number of carbonyl (C=O) groups is 3. The number of Topliss-reactive ketones (excluding diaryl/α,β-unsaturated/α-hetero) is 1. The molecular formula is C36H36O12S. The van der Waals surface area contributed by atoms with Crippen molar-refractivity contribution >= 4 is 40.6 Å². The lowest BCUT2D eigenvalue weighted by molar-refractivity contribution is 0.0651. The Labute approximate surface area is 285 Å². The van der Waals surface area contributed by atoms with Crippen LogP contribution in [0.15, 0.2) is 91.4 Å². The predicted octanol–water partition coefficient (Wildman–Crippen LogP) is 7.56. The van der Waals surface area contributed by atoms with Crippen LogP contribution >= 0.6 is 11.8 Å². The fourth-order valence-corrected chi connectivity index (χ4v) is 5.97. The van der Waals surface area contributed by atoms with E-state index in [0.29, 0.717) is 29.2 Å². The Kier molecular flexibility index (Phi) is 12.9. The van der Waals surface area contributed by atoms with E-state index < -0.39 is 34.9 Å². The number of fused-ring (bicyclic) bond motifs is 1. The number of ether oxygens (including phenoxy) is 2. The summed E-state index contributed by atoms with van der Waals surface area (Å²) in [6, 6.07) is 11.5. The first-order chi connectivity index (χ1) is 23.5. The highest BCUT2D eigenvalue weighted by molar-refractivity contribution is 8.00. The molecule has 2 aromatic heterocycles. The Hall–Kier alpha value is -5.27. The number of carboxylic acid groups (broad SMARTS) is 2. The fourth-order valence-electron chi connectivity index (χ4n) is 4.90. The lowest BCUT2D eigenvalue weighted by atomic mass is 10.0. The molecule has 2 aromatic carbocycles. The zero-order chi connectivity index (χ0) is 35.5. The molecule has 12 nitrogen and oxygen atoms in total. The zero-order valence-corrected chi connectivity index (χ0v) is 27.6. The number of furan rings is 1. The quantitative estimate of drug-likeness (QED) is 0.0279. The molecule has 0 bridgehead atoms. The van der Waals surface area contributed by atoms with Gasteiger partial charge < -0.3 is 38.7 Å². The number of carboxylic acids is 1. The van der Waals surface area contributed by atoms with Crippen molar-refractivity contribution in [3.05, 3.63) is 106 Å². The Bertz CT molecular complexity index is 1920. The van der Waals surface area contributed by atoms with E-state index in [1.165, 1.54) is 43.0 Å². The first-order valence-electron chi connectivity index (χ1n) is 15.5. The van der Waals surface area contributed by atoms with Crippen molar-refractivity contribution in [1.29, 1.82) is 0 Å². The van der Waals surface area contributed by atoms with Gasteiger partial charge in [0.2, 0.25) is 5.76 Å². The number of benzene rings is 2. The van der Waals surface area contributed by atoms with Gasteiger partial charge in [-0.05, 0) is 75.1 Å². The average Bonchev–Trinajstić information content (AvgIpc) is 3.55. The third kappa shape index (κ3) is 9.87. The molecule has 2 heterocycles. The van der Waals surface area contributed by atoms with Gasteiger partial charge in [-0.3, -0.25) is 9.59 Å². The maximum Gasteiger partial charge on any atom is 0.513 e. The summed E-state index contributed by atoms with van der Waals surface area (Å²) in [5, 5.41) is 39.3. The van der Waals surface area contributed by atoms with E-state index in [1.807, 2.05) is 19.1 Å². The zero-order valence-electron chi connectivity index (χ0n) is 26.8. The van der Waals surface area contributed by atoms with Crippen molar-refractivity contribution < 1.29 is 53.1 Å². The van der Waals surface area contributed by atoms with E-state index in [1.54, 1.807) is 30.4 Å². The van der Waals surface area contributed by atoms with E-state index in [0.717, 1.165) is 31.7 Å². The third-order valence-corrected chi connectivity index (χ3v) is 8.48. The average molecular weight is 693 g/mol. The van der Waals surface area contributed by atoms with Crippen LogP contribution in [0.2, 0.25) is 0 Å². The molecule has 4 aromatic rings. The van der Waals surface area contributed by atoms with Gasteiger partial charge in [-0.15, -0.1) is 11.8 Å². The lowest BCUT2D eigenvalue weighted by Crippen LogP contribution is -2.12. The first kappa shape index (κ1) is 36.6. The number of allylic oxidation sites excluding steroid dienone is 3. The number of hydrogen-bond donors (Lipinski definition) is 4. The SMILES string of the molecule is CCCc1c(OCCCC/C=C\C=C\[C@H](Sc2ccc3c(=O)cc(OC(=O)O)oc3c2)[C@H](O)c2ccc(C(=O)O)o2)ccc(C(C)=O)c1O. The monoisotopic (exact) mass is 692 g/mol. The summed E-state index contributed by atoms with van der Waals surface area (Å²) in [5.41, 5.74) is 0.493. The summed E-state index contributed by atoms with van der Waals surface area (Å²) in [7, 11) is 0. The largest absolute Gasteiger partial charge is 0.513 e. The molecule has 0 saturated carbocycles. The van der Waals surface area contributed by atoms with Crippen LogP contribution < -0.4 is 14.9 Å². The van der Waals surface area contributed by atoms with Gasteiger partial charge in [-0.1, -0.05) is 37.6 Å². The second kappa shape index (κ2) is 17.2. The maximum absolute atomic E-state index is 12.4. The van der Waals surface area contributed by atoms with E-state index in [4.69, 9.17) is 18.7 Å². The van der Waals surface area contributed by atoms with Gasteiger partial charge in [0.15, 0.2) is 11.2 Å². The third-order valence-electron chi connectivity index (χ3n) is 7.27. The number of aromatic hydroxyl groups is 1. The smallest absolute Gasteiger partial charge is 0.507 e. The molecule has 258 valence electrons. The number of ketones is 1. The summed E-state index contributed by atoms with van der Waals surface area (Å²) in [6.45, 7) is 3.83. The van der Waals surface area contributed by atoms with Gasteiger partial charge in [-0.2, -0.15) is 0 Å². The Balaban J connectivity index is 1.40. The summed E-state index contributed by atoms with van der Waals surface area (Å²) >= 11 is 1.18. The van der Waals surface area contributed by atoms with Gasteiger partial charge in [0, 0.05) is 10.5 Å². The van der Waals surface area contributed by atoms with Crippen molar-refractivity contribution in [3.8, 4) is 17.4 Å². The first-order valence-corrected chi connectivity index (χ1v) is 16.3.